The van der Waals surface area contributed by atoms with E-state index in [1.165, 1.54) is 12.1 Å². The monoisotopic (exact) mass is 292 g/mol. The van der Waals surface area contributed by atoms with Crippen LogP contribution in [0.25, 0.3) is 0 Å². The van der Waals surface area contributed by atoms with E-state index in [0.29, 0.717) is 19.7 Å². The molecule has 1 aromatic rings. The molecule has 114 valence electrons. The summed E-state index contributed by atoms with van der Waals surface area (Å²) < 4.78 is 18.5. The van der Waals surface area contributed by atoms with Gasteiger partial charge in [0.05, 0.1) is 6.61 Å². The van der Waals surface area contributed by atoms with Crippen molar-refractivity contribution >= 4 is 5.91 Å². The van der Waals surface area contributed by atoms with Gasteiger partial charge in [-0.05, 0) is 30.5 Å². The summed E-state index contributed by atoms with van der Waals surface area (Å²) in [7, 11) is 0. The number of amides is 1. The number of carbonyl (C=O) groups excluding carboxylic acids is 1. The summed E-state index contributed by atoms with van der Waals surface area (Å²) in [5.41, 5.74) is 1.07. The Hall–Kier alpha value is -1.46. The zero-order valence-corrected chi connectivity index (χ0v) is 12.0. The summed E-state index contributed by atoms with van der Waals surface area (Å²) in [6.07, 6.45) is 2.81. The van der Waals surface area contributed by atoms with Gasteiger partial charge in [0.1, 0.15) is 11.9 Å². The number of morpholine rings is 1. The molecule has 1 aliphatic carbocycles. The Kier molecular flexibility index (Phi) is 4.22. The number of rotatable bonds is 4. The Labute approximate surface area is 124 Å². The van der Waals surface area contributed by atoms with Crippen LogP contribution in [0, 0.1) is 5.82 Å². The van der Waals surface area contributed by atoms with Crippen molar-refractivity contribution in [2.24, 2.45) is 0 Å². The summed E-state index contributed by atoms with van der Waals surface area (Å²) in [6, 6.07) is 6.65. The molecule has 1 saturated heterocycles. The SMILES string of the molecule is O=C(NCC1(c2ccc(F)cc2)CCC1)C1CNCCO1. The van der Waals surface area contributed by atoms with Gasteiger partial charge in [0.15, 0.2) is 0 Å². The van der Waals surface area contributed by atoms with Crippen molar-refractivity contribution in [1.82, 2.24) is 10.6 Å². The molecule has 1 unspecified atom stereocenters. The van der Waals surface area contributed by atoms with Crippen LogP contribution in [0.15, 0.2) is 24.3 Å². The molecule has 2 N–H and O–H groups in total. The minimum atomic E-state index is -0.399. The molecular formula is C16H21FN2O2. The van der Waals surface area contributed by atoms with Crippen molar-refractivity contribution in [2.45, 2.75) is 30.8 Å². The molecular weight excluding hydrogens is 271 g/mol. The molecule has 1 aliphatic heterocycles. The second kappa shape index (κ2) is 6.12. The van der Waals surface area contributed by atoms with Crippen molar-refractivity contribution in [1.29, 1.82) is 0 Å². The predicted molar refractivity (Wildman–Crippen MR) is 77.5 cm³/mol. The van der Waals surface area contributed by atoms with Crippen LogP contribution in [0.2, 0.25) is 0 Å². The van der Waals surface area contributed by atoms with Crippen molar-refractivity contribution < 1.29 is 13.9 Å². The Bertz CT molecular complexity index is 494. The lowest BCUT2D eigenvalue weighted by Crippen LogP contribution is -2.52. The van der Waals surface area contributed by atoms with Crippen molar-refractivity contribution in [2.75, 3.05) is 26.2 Å². The van der Waals surface area contributed by atoms with E-state index in [9.17, 15) is 9.18 Å². The first-order valence-corrected chi connectivity index (χ1v) is 7.56. The fourth-order valence-corrected chi connectivity index (χ4v) is 3.08. The number of halogens is 1. The molecule has 0 spiro atoms. The third kappa shape index (κ3) is 3.09. The van der Waals surface area contributed by atoms with E-state index >= 15 is 0 Å². The number of hydrogen-bond acceptors (Lipinski definition) is 3. The van der Waals surface area contributed by atoms with E-state index in [1.54, 1.807) is 0 Å². The van der Waals surface area contributed by atoms with E-state index in [4.69, 9.17) is 4.74 Å². The van der Waals surface area contributed by atoms with Crippen LogP contribution >= 0.6 is 0 Å². The highest BCUT2D eigenvalue weighted by molar-refractivity contribution is 5.81. The molecule has 0 aromatic heterocycles. The van der Waals surface area contributed by atoms with Gasteiger partial charge in [0.25, 0.3) is 0 Å². The van der Waals surface area contributed by atoms with Crippen LogP contribution in [0.4, 0.5) is 4.39 Å². The summed E-state index contributed by atoms with van der Waals surface area (Å²) in [5.74, 6) is -0.283. The van der Waals surface area contributed by atoms with E-state index in [2.05, 4.69) is 10.6 Å². The second-order valence-electron chi connectivity index (χ2n) is 5.92. The smallest absolute Gasteiger partial charge is 0.250 e. The highest BCUT2D eigenvalue weighted by Crippen LogP contribution is 2.43. The lowest BCUT2D eigenvalue weighted by Gasteiger charge is -2.43. The summed E-state index contributed by atoms with van der Waals surface area (Å²) in [5, 5.41) is 6.16. The van der Waals surface area contributed by atoms with E-state index < -0.39 is 6.10 Å². The summed E-state index contributed by atoms with van der Waals surface area (Å²) in [4.78, 5) is 12.1. The van der Waals surface area contributed by atoms with E-state index in [1.807, 2.05) is 12.1 Å². The van der Waals surface area contributed by atoms with Crippen LogP contribution in [-0.4, -0.2) is 38.3 Å². The second-order valence-corrected chi connectivity index (χ2v) is 5.92. The molecule has 1 saturated carbocycles. The predicted octanol–water partition coefficient (Wildman–Crippen LogP) is 1.35. The molecule has 5 heteroatoms. The largest absolute Gasteiger partial charge is 0.366 e. The van der Waals surface area contributed by atoms with Gasteiger partial charge in [-0.25, -0.2) is 4.39 Å². The molecule has 1 amide bonds. The number of ether oxygens (including phenoxy) is 1. The Balaban J connectivity index is 1.61. The average Bonchev–Trinajstić information content (AvgIpc) is 2.48. The molecule has 0 bridgehead atoms. The molecule has 3 rings (SSSR count). The minimum absolute atomic E-state index is 0.0363. The van der Waals surface area contributed by atoms with Gasteiger partial charge in [-0.3, -0.25) is 4.79 Å². The Morgan fingerprint density at radius 2 is 2.14 bits per heavy atom. The first-order chi connectivity index (χ1) is 10.2. The maximum atomic E-state index is 13.1. The zero-order chi connectivity index (χ0) is 14.7. The molecule has 1 aromatic carbocycles. The molecule has 2 fully saturated rings. The maximum absolute atomic E-state index is 13.1. The van der Waals surface area contributed by atoms with Crippen LogP contribution < -0.4 is 10.6 Å². The van der Waals surface area contributed by atoms with Crippen molar-refractivity contribution in [3.63, 3.8) is 0 Å². The Morgan fingerprint density at radius 1 is 1.38 bits per heavy atom. The van der Waals surface area contributed by atoms with Crippen LogP contribution in [-0.2, 0) is 14.9 Å². The van der Waals surface area contributed by atoms with Crippen LogP contribution in [0.5, 0.6) is 0 Å². The van der Waals surface area contributed by atoms with Gasteiger partial charge in [0.2, 0.25) is 5.91 Å². The molecule has 1 heterocycles. The lowest BCUT2D eigenvalue weighted by atomic mass is 9.64. The number of nitrogens with one attached hydrogen (secondary N) is 2. The highest BCUT2D eigenvalue weighted by atomic mass is 19.1. The van der Waals surface area contributed by atoms with Gasteiger partial charge >= 0.3 is 0 Å². The average molecular weight is 292 g/mol. The first-order valence-electron chi connectivity index (χ1n) is 7.56. The van der Waals surface area contributed by atoms with Crippen LogP contribution in [0.1, 0.15) is 24.8 Å². The van der Waals surface area contributed by atoms with E-state index in [-0.39, 0.29) is 17.1 Å². The fourth-order valence-electron chi connectivity index (χ4n) is 3.08. The standard InChI is InChI=1S/C16H21FN2O2/c17-13-4-2-12(3-5-13)16(6-1-7-16)11-19-15(20)14-10-18-8-9-21-14/h2-5,14,18H,1,6-11H2,(H,19,20). The van der Waals surface area contributed by atoms with Crippen molar-refractivity contribution in [3.8, 4) is 0 Å². The summed E-state index contributed by atoms with van der Waals surface area (Å²) >= 11 is 0. The van der Waals surface area contributed by atoms with Gasteiger partial charge in [-0.2, -0.15) is 0 Å². The Morgan fingerprint density at radius 3 is 2.71 bits per heavy atom. The number of hydrogen-bond donors (Lipinski definition) is 2. The van der Waals surface area contributed by atoms with Gasteiger partial charge in [-0.15, -0.1) is 0 Å². The third-order valence-corrected chi connectivity index (χ3v) is 4.59. The highest BCUT2D eigenvalue weighted by Gasteiger charge is 2.39. The van der Waals surface area contributed by atoms with Gasteiger partial charge in [-0.1, -0.05) is 18.6 Å². The number of carbonyl (C=O) groups is 1. The molecule has 4 nitrogen and oxygen atoms in total. The lowest BCUT2D eigenvalue weighted by molar-refractivity contribution is -0.134. The van der Waals surface area contributed by atoms with Gasteiger partial charge < -0.3 is 15.4 Å². The third-order valence-electron chi connectivity index (χ3n) is 4.59. The van der Waals surface area contributed by atoms with Crippen molar-refractivity contribution in [3.05, 3.63) is 35.6 Å². The molecule has 1 atom stereocenters. The first kappa shape index (κ1) is 14.5. The normalized spacial score (nSPS) is 24.1. The minimum Gasteiger partial charge on any atom is -0.366 e. The van der Waals surface area contributed by atoms with Crippen LogP contribution in [0.3, 0.4) is 0 Å². The van der Waals surface area contributed by atoms with Gasteiger partial charge in [0, 0.05) is 25.0 Å². The summed E-state index contributed by atoms with van der Waals surface area (Å²) in [6.45, 7) is 2.52. The number of benzene rings is 1. The fraction of sp³-hybridized carbons (Fsp3) is 0.562. The topological polar surface area (TPSA) is 50.4 Å². The molecule has 2 aliphatic rings. The quantitative estimate of drug-likeness (QED) is 0.881. The van der Waals surface area contributed by atoms with E-state index in [0.717, 1.165) is 31.4 Å². The maximum Gasteiger partial charge on any atom is 0.250 e. The zero-order valence-electron chi connectivity index (χ0n) is 12.0. The molecule has 0 radical (unpaired) electrons. The molecule has 21 heavy (non-hydrogen) atoms.